The predicted molar refractivity (Wildman–Crippen MR) is 57.0 cm³/mol. The fourth-order valence-corrected chi connectivity index (χ4v) is 10.1. The summed E-state index contributed by atoms with van der Waals surface area (Å²) in [7, 11) is -1.96. The SMILES string of the molecule is C[Si](C)(C)N[Si](C)(C)C.[KH]. The first kappa shape index (κ1) is 14.5. The van der Waals surface area contributed by atoms with E-state index in [-0.39, 0.29) is 51.4 Å². The molecule has 0 saturated heterocycles. The van der Waals surface area contributed by atoms with Crippen LogP contribution >= 0.6 is 0 Å². The zero-order valence-electron chi connectivity index (χ0n) is 7.50. The summed E-state index contributed by atoms with van der Waals surface area (Å²) in [6.07, 6.45) is 0. The van der Waals surface area contributed by atoms with Crippen molar-refractivity contribution in [2.75, 3.05) is 0 Å². The summed E-state index contributed by atoms with van der Waals surface area (Å²) in [5, 5.41) is 0. The first-order chi connectivity index (χ1) is 3.71. The van der Waals surface area contributed by atoms with E-state index in [1.165, 1.54) is 0 Å². The van der Waals surface area contributed by atoms with Gasteiger partial charge in [-0.25, -0.2) is 0 Å². The van der Waals surface area contributed by atoms with Crippen molar-refractivity contribution in [2.24, 2.45) is 0 Å². The molecule has 0 aliphatic carbocycles. The van der Waals surface area contributed by atoms with Gasteiger partial charge in [-0.3, -0.25) is 0 Å². The van der Waals surface area contributed by atoms with Crippen molar-refractivity contribution in [1.82, 2.24) is 4.65 Å². The molecule has 0 bridgehead atoms. The molecule has 0 atom stereocenters. The van der Waals surface area contributed by atoms with Crippen LogP contribution in [0.3, 0.4) is 0 Å². The van der Waals surface area contributed by atoms with Crippen molar-refractivity contribution in [3.63, 3.8) is 0 Å². The molecule has 1 nitrogen and oxygen atoms in total. The van der Waals surface area contributed by atoms with Gasteiger partial charge >= 0.3 is 51.4 Å². The van der Waals surface area contributed by atoms with Gasteiger partial charge in [-0.2, -0.15) is 0 Å². The van der Waals surface area contributed by atoms with Crippen molar-refractivity contribution in [3.8, 4) is 0 Å². The molecule has 0 heterocycles. The summed E-state index contributed by atoms with van der Waals surface area (Å²) in [6.45, 7) is 14.1. The summed E-state index contributed by atoms with van der Waals surface area (Å²) >= 11 is 0. The van der Waals surface area contributed by atoms with E-state index in [0.717, 1.165) is 0 Å². The molecule has 0 aromatic rings. The van der Waals surface area contributed by atoms with Crippen LogP contribution in [0.5, 0.6) is 0 Å². The molecule has 0 amide bonds. The molecule has 58 valence electrons. The second-order valence-corrected chi connectivity index (χ2v) is 14.6. The molecule has 0 aliphatic rings. The fraction of sp³-hybridized carbons (Fsp3) is 1.00. The molecule has 0 spiro atoms. The number of nitrogens with one attached hydrogen (secondary N) is 1. The fourth-order valence-electron chi connectivity index (χ4n) is 1.12. The van der Waals surface area contributed by atoms with Crippen LogP contribution in [0.25, 0.3) is 0 Å². The van der Waals surface area contributed by atoms with Gasteiger partial charge in [0, 0.05) is 0 Å². The Bertz CT molecular complexity index is 80.9. The van der Waals surface area contributed by atoms with Crippen molar-refractivity contribution in [2.45, 2.75) is 39.3 Å². The van der Waals surface area contributed by atoms with Crippen LogP contribution in [0.2, 0.25) is 39.3 Å². The summed E-state index contributed by atoms with van der Waals surface area (Å²) < 4.78 is 3.74. The zero-order valence-corrected chi connectivity index (χ0v) is 9.50. The van der Waals surface area contributed by atoms with Crippen molar-refractivity contribution >= 4 is 67.9 Å². The average Bonchev–Trinajstić information content (AvgIpc) is 1.14. The number of hydrogen-bond donors (Lipinski definition) is 1. The predicted octanol–water partition coefficient (Wildman–Crippen LogP) is 1.60. The van der Waals surface area contributed by atoms with Gasteiger partial charge in [0.05, 0.1) is 0 Å². The van der Waals surface area contributed by atoms with Gasteiger partial charge < -0.3 is 4.65 Å². The van der Waals surface area contributed by atoms with Crippen LogP contribution in [-0.2, 0) is 0 Å². The molecule has 0 fully saturated rings. The second kappa shape index (κ2) is 4.91. The minimum atomic E-state index is -0.981. The van der Waals surface area contributed by atoms with E-state index in [9.17, 15) is 0 Å². The number of hydrogen-bond acceptors (Lipinski definition) is 1. The Morgan fingerprint density at radius 2 is 0.900 bits per heavy atom. The third kappa shape index (κ3) is 12.7. The first-order valence-electron chi connectivity index (χ1n) is 3.50. The third-order valence-corrected chi connectivity index (χ3v) is 6.75. The van der Waals surface area contributed by atoms with Crippen LogP contribution in [0.1, 0.15) is 0 Å². The molecule has 0 rings (SSSR count). The van der Waals surface area contributed by atoms with Crippen molar-refractivity contribution in [1.29, 1.82) is 0 Å². The molecule has 1 N–H and O–H groups in total. The van der Waals surface area contributed by atoms with Crippen LogP contribution in [0, 0.1) is 0 Å². The van der Waals surface area contributed by atoms with Gasteiger partial charge in [0.2, 0.25) is 0 Å². The van der Waals surface area contributed by atoms with Gasteiger partial charge in [0.15, 0.2) is 0 Å². The second-order valence-electron chi connectivity index (χ2n) is 4.62. The molecule has 4 heteroatoms. The van der Waals surface area contributed by atoms with Crippen LogP contribution in [0.4, 0.5) is 0 Å². The molecular weight excluding hydrogens is 181 g/mol. The van der Waals surface area contributed by atoms with Gasteiger partial charge in [-0.1, -0.05) is 39.3 Å². The normalized spacial score (nSPS) is 12.6. The Kier molecular flexibility index (Phi) is 7.15. The molecule has 0 aromatic carbocycles. The quantitative estimate of drug-likeness (QED) is 0.669. The van der Waals surface area contributed by atoms with E-state index in [0.29, 0.717) is 0 Å². The summed E-state index contributed by atoms with van der Waals surface area (Å²) in [5.41, 5.74) is 0. The van der Waals surface area contributed by atoms with Crippen molar-refractivity contribution < 1.29 is 0 Å². The van der Waals surface area contributed by atoms with Gasteiger partial charge in [0.1, 0.15) is 16.5 Å². The third-order valence-electron chi connectivity index (χ3n) is 0.750. The van der Waals surface area contributed by atoms with E-state index in [4.69, 9.17) is 0 Å². The van der Waals surface area contributed by atoms with Gasteiger partial charge in [0.25, 0.3) is 0 Å². The standard InChI is InChI=1S/C6H19NSi2.K.H/c1-8(2,3)7-9(4,5)6;;/h7H,1-6H3;;. The molecule has 0 radical (unpaired) electrons. The zero-order chi connectivity index (χ0) is 7.71. The Hall–Kier alpha value is 2.03. The minimum absolute atomic E-state index is 0. The van der Waals surface area contributed by atoms with Crippen molar-refractivity contribution in [3.05, 3.63) is 0 Å². The maximum absolute atomic E-state index is 3.74. The molecular formula is C6H20KNSi2. The molecule has 0 aromatic heterocycles. The summed E-state index contributed by atoms with van der Waals surface area (Å²) in [4.78, 5) is 0. The van der Waals surface area contributed by atoms with Gasteiger partial charge in [-0.05, 0) is 0 Å². The van der Waals surface area contributed by atoms with E-state index < -0.39 is 16.5 Å². The number of rotatable bonds is 2. The van der Waals surface area contributed by atoms with E-state index in [2.05, 4.69) is 43.9 Å². The molecule has 10 heavy (non-hydrogen) atoms. The molecule has 0 saturated carbocycles. The van der Waals surface area contributed by atoms with E-state index in [1.54, 1.807) is 0 Å². The average molecular weight is 202 g/mol. The van der Waals surface area contributed by atoms with E-state index >= 15 is 0 Å². The Labute approximate surface area is 110 Å². The summed E-state index contributed by atoms with van der Waals surface area (Å²) in [6, 6.07) is 0. The monoisotopic (exact) mass is 201 g/mol. The topological polar surface area (TPSA) is 12.0 Å². The van der Waals surface area contributed by atoms with Crippen LogP contribution < -0.4 is 4.65 Å². The Morgan fingerprint density at radius 1 is 0.700 bits per heavy atom. The van der Waals surface area contributed by atoms with Gasteiger partial charge in [-0.15, -0.1) is 0 Å². The molecule has 0 aliphatic heterocycles. The Morgan fingerprint density at radius 3 is 0.900 bits per heavy atom. The summed E-state index contributed by atoms with van der Waals surface area (Å²) in [5.74, 6) is 0. The molecule has 0 unspecified atom stereocenters. The first-order valence-corrected chi connectivity index (χ1v) is 10.5. The van der Waals surface area contributed by atoms with Crippen LogP contribution in [0.15, 0.2) is 0 Å². The van der Waals surface area contributed by atoms with Crippen LogP contribution in [-0.4, -0.2) is 67.9 Å². The maximum atomic E-state index is 3.74. The Balaban J connectivity index is 0. The van der Waals surface area contributed by atoms with E-state index in [1.807, 2.05) is 0 Å².